The van der Waals surface area contributed by atoms with Crippen LogP contribution in [0, 0.1) is 12.7 Å². The molecule has 0 radical (unpaired) electrons. The van der Waals surface area contributed by atoms with Gasteiger partial charge in [0.25, 0.3) is 11.7 Å². The van der Waals surface area contributed by atoms with Crippen LogP contribution >= 0.6 is 0 Å². The smallest absolute Gasteiger partial charge is 0.295 e. The Kier molecular flexibility index (Phi) is 7.00. The fraction of sp³-hybridized carbons (Fsp3) is 0.129. The Labute approximate surface area is 219 Å². The molecule has 190 valence electrons. The standard InChI is InChI=1S/C31H25FN2O4/c1-20-5-4-6-22(17-20)19-38-24-11-9-23(10-12-24)29(35)27-28(25-7-2-3-8-26(25)32)34(31(37)30(27)36)18-21-13-15-33-16-14-21/h2-17,28,35H,18-19H2,1H3/b29-27-. The van der Waals surface area contributed by atoms with Gasteiger partial charge in [0, 0.05) is 30.1 Å². The van der Waals surface area contributed by atoms with Crippen LogP contribution in [0.5, 0.6) is 5.75 Å². The van der Waals surface area contributed by atoms with Gasteiger partial charge in [0.15, 0.2) is 0 Å². The zero-order valence-corrected chi connectivity index (χ0v) is 20.7. The van der Waals surface area contributed by atoms with Crippen molar-refractivity contribution < 1.29 is 23.8 Å². The number of amides is 1. The van der Waals surface area contributed by atoms with Crippen molar-refractivity contribution in [2.45, 2.75) is 26.1 Å². The Morgan fingerprint density at radius 2 is 1.68 bits per heavy atom. The molecule has 38 heavy (non-hydrogen) atoms. The number of aliphatic hydroxyl groups excluding tert-OH is 1. The van der Waals surface area contributed by atoms with Gasteiger partial charge in [-0.1, -0.05) is 48.0 Å². The summed E-state index contributed by atoms with van der Waals surface area (Å²) >= 11 is 0. The number of carbonyl (C=O) groups is 2. The summed E-state index contributed by atoms with van der Waals surface area (Å²) in [4.78, 5) is 31.6. The lowest BCUT2D eigenvalue weighted by Crippen LogP contribution is -2.29. The summed E-state index contributed by atoms with van der Waals surface area (Å²) in [5, 5.41) is 11.3. The van der Waals surface area contributed by atoms with Gasteiger partial charge >= 0.3 is 0 Å². The van der Waals surface area contributed by atoms with Gasteiger partial charge < -0.3 is 14.7 Å². The van der Waals surface area contributed by atoms with Crippen LogP contribution in [-0.4, -0.2) is 26.7 Å². The number of aryl methyl sites for hydroxylation is 1. The molecule has 0 spiro atoms. The molecule has 1 amide bonds. The van der Waals surface area contributed by atoms with E-state index in [2.05, 4.69) is 4.98 Å². The van der Waals surface area contributed by atoms with Gasteiger partial charge in [-0.25, -0.2) is 4.39 Å². The van der Waals surface area contributed by atoms with Gasteiger partial charge in [-0.05, 0) is 60.5 Å². The number of carbonyl (C=O) groups excluding carboxylic acids is 2. The summed E-state index contributed by atoms with van der Waals surface area (Å²) in [5.41, 5.74) is 3.16. The predicted molar refractivity (Wildman–Crippen MR) is 140 cm³/mol. The first-order valence-electron chi connectivity index (χ1n) is 12.1. The topological polar surface area (TPSA) is 79.7 Å². The normalized spacial score (nSPS) is 16.6. The minimum Gasteiger partial charge on any atom is -0.507 e. The summed E-state index contributed by atoms with van der Waals surface area (Å²) < 4.78 is 20.8. The molecule has 4 aromatic rings. The van der Waals surface area contributed by atoms with E-state index in [9.17, 15) is 19.1 Å². The zero-order valence-electron chi connectivity index (χ0n) is 20.7. The van der Waals surface area contributed by atoms with Crippen molar-refractivity contribution in [3.8, 4) is 5.75 Å². The van der Waals surface area contributed by atoms with Crippen molar-refractivity contribution in [3.05, 3.63) is 137 Å². The molecule has 1 N–H and O–H groups in total. The molecule has 1 aliphatic rings. The maximum absolute atomic E-state index is 15.0. The molecule has 0 aliphatic carbocycles. The van der Waals surface area contributed by atoms with Crippen LogP contribution < -0.4 is 4.74 Å². The number of hydrogen-bond acceptors (Lipinski definition) is 5. The van der Waals surface area contributed by atoms with E-state index < -0.39 is 23.5 Å². The Balaban J connectivity index is 1.48. The van der Waals surface area contributed by atoms with E-state index in [1.54, 1.807) is 54.9 Å². The molecule has 6 nitrogen and oxygen atoms in total. The molecule has 1 aromatic heterocycles. The number of likely N-dealkylation sites (tertiary alicyclic amines) is 1. The summed E-state index contributed by atoms with van der Waals surface area (Å²) in [6.07, 6.45) is 3.15. The van der Waals surface area contributed by atoms with Crippen LogP contribution in [0.4, 0.5) is 4.39 Å². The van der Waals surface area contributed by atoms with Crippen molar-refractivity contribution >= 4 is 17.4 Å². The SMILES string of the molecule is Cc1cccc(COc2ccc(/C(O)=C3/C(=O)C(=O)N(Cc4ccncc4)C3c3ccccc3F)cc2)c1. The molecule has 1 fully saturated rings. The molecular weight excluding hydrogens is 483 g/mol. The Morgan fingerprint density at radius 1 is 0.947 bits per heavy atom. The van der Waals surface area contributed by atoms with Crippen molar-refractivity contribution in [2.75, 3.05) is 0 Å². The highest BCUT2D eigenvalue weighted by molar-refractivity contribution is 6.46. The lowest BCUT2D eigenvalue weighted by atomic mass is 9.94. The van der Waals surface area contributed by atoms with E-state index in [4.69, 9.17) is 4.74 Å². The number of aliphatic hydroxyl groups is 1. The average molecular weight is 509 g/mol. The summed E-state index contributed by atoms with van der Waals surface area (Å²) in [7, 11) is 0. The third-order valence-corrected chi connectivity index (χ3v) is 6.46. The first-order valence-corrected chi connectivity index (χ1v) is 12.1. The molecular formula is C31H25FN2O4. The number of benzene rings is 3. The van der Waals surface area contributed by atoms with Crippen molar-refractivity contribution in [2.24, 2.45) is 0 Å². The minimum atomic E-state index is -1.10. The van der Waals surface area contributed by atoms with Crippen LogP contribution in [0.1, 0.15) is 33.9 Å². The van der Waals surface area contributed by atoms with E-state index in [0.717, 1.165) is 16.7 Å². The fourth-order valence-corrected chi connectivity index (χ4v) is 4.58. The average Bonchev–Trinajstić information content (AvgIpc) is 3.17. The molecule has 0 saturated carbocycles. The van der Waals surface area contributed by atoms with Gasteiger partial charge in [-0.3, -0.25) is 14.6 Å². The lowest BCUT2D eigenvalue weighted by Gasteiger charge is -2.25. The number of Topliss-reactive ketones (excluding diaryl/α,β-unsaturated/α-hetero) is 1. The minimum absolute atomic E-state index is 0.0502. The number of ether oxygens (including phenoxy) is 1. The lowest BCUT2D eigenvalue weighted by molar-refractivity contribution is -0.140. The molecule has 1 atom stereocenters. The zero-order chi connectivity index (χ0) is 26.6. The molecule has 1 aliphatic heterocycles. The number of ketones is 1. The predicted octanol–water partition coefficient (Wildman–Crippen LogP) is 5.73. The first kappa shape index (κ1) is 24.9. The largest absolute Gasteiger partial charge is 0.507 e. The summed E-state index contributed by atoms with van der Waals surface area (Å²) in [6.45, 7) is 2.44. The summed E-state index contributed by atoms with van der Waals surface area (Å²) in [6, 6.07) is 22.8. The summed E-state index contributed by atoms with van der Waals surface area (Å²) in [5.74, 6) is -2.06. The monoisotopic (exact) mass is 508 g/mol. The second-order valence-corrected chi connectivity index (χ2v) is 9.11. The van der Waals surface area contributed by atoms with Crippen LogP contribution in [0.3, 0.4) is 0 Å². The number of rotatable bonds is 7. The third kappa shape index (κ3) is 5.04. The Bertz CT molecular complexity index is 1520. The number of aromatic nitrogens is 1. The van der Waals surface area contributed by atoms with E-state index >= 15 is 0 Å². The number of hydrogen-bond donors (Lipinski definition) is 1. The molecule has 5 rings (SSSR count). The van der Waals surface area contributed by atoms with Crippen molar-refractivity contribution in [1.29, 1.82) is 0 Å². The highest BCUT2D eigenvalue weighted by atomic mass is 19.1. The third-order valence-electron chi connectivity index (χ3n) is 6.46. The fourth-order valence-electron chi connectivity index (χ4n) is 4.58. The highest BCUT2D eigenvalue weighted by Gasteiger charge is 2.46. The maximum atomic E-state index is 15.0. The number of nitrogens with zero attached hydrogens (tertiary/aromatic N) is 2. The number of halogens is 1. The maximum Gasteiger partial charge on any atom is 0.295 e. The molecule has 1 unspecified atom stereocenters. The molecule has 0 bridgehead atoms. The molecule has 7 heteroatoms. The van der Waals surface area contributed by atoms with E-state index in [0.29, 0.717) is 17.9 Å². The van der Waals surface area contributed by atoms with Crippen LogP contribution in [0.15, 0.2) is 103 Å². The van der Waals surface area contributed by atoms with Crippen molar-refractivity contribution in [3.63, 3.8) is 0 Å². The van der Waals surface area contributed by atoms with Crippen molar-refractivity contribution in [1.82, 2.24) is 9.88 Å². The Hall–Kier alpha value is -4.78. The van der Waals surface area contributed by atoms with Gasteiger partial charge in [0.05, 0.1) is 11.6 Å². The molecule has 1 saturated heterocycles. The quantitative estimate of drug-likeness (QED) is 0.196. The van der Waals surface area contributed by atoms with E-state index in [1.807, 2.05) is 31.2 Å². The second-order valence-electron chi connectivity index (χ2n) is 9.11. The van der Waals surface area contributed by atoms with Crippen LogP contribution in [0.2, 0.25) is 0 Å². The second kappa shape index (κ2) is 10.7. The highest BCUT2D eigenvalue weighted by Crippen LogP contribution is 2.41. The van der Waals surface area contributed by atoms with E-state index in [1.165, 1.54) is 23.1 Å². The van der Waals surface area contributed by atoms with Gasteiger partial charge in [-0.2, -0.15) is 0 Å². The molecule has 2 heterocycles. The first-order chi connectivity index (χ1) is 18.4. The van der Waals surface area contributed by atoms with Gasteiger partial charge in [0.1, 0.15) is 23.9 Å². The Morgan fingerprint density at radius 3 is 2.39 bits per heavy atom. The molecule has 3 aromatic carbocycles. The van der Waals surface area contributed by atoms with E-state index in [-0.39, 0.29) is 23.4 Å². The number of pyridine rings is 1. The van der Waals surface area contributed by atoms with Crippen LogP contribution in [0.25, 0.3) is 5.76 Å². The van der Waals surface area contributed by atoms with Gasteiger partial charge in [0.2, 0.25) is 0 Å². The van der Waals surface area contributed by atoms with Crippen LogP contribution in [-0.2, 0) is 22.7 Å². The van der Waals surface area contributed by atoms with Gasteiger partial charge in [-0.15, -0.1) is 0 Å².